The van der Waals surface area contributed by atoms with Gasteiger partial charge < -0.3 is 10.5 Å². The Bertz CT molecular complexity index is 470. The SMILES string of the molecule is C=C(Cl)/N=C(\C(Br)=C/N)N(CC(C)C)NC(=O)OC(C)(C)C. The number of nitrogens with zero attached hydrogens (tertiary/aromatic N) is 2. The summed E-state index contributed by atoms with van der Waals surface area (Å²) in [6, 6.07) is 0. The van der Waals surface area contributed by atoms with Gasteiger partial charge in [0.1, 0.15) is 10.8 Å². The number of hydrazine groups is 1. The number of nitrogens with one attached hydrogen (secondary N) is 1. The van der Waals surface area contributed by atoms with Gasteiger partial charge >= 0.3 is 6.09 Å². The molecule has 0 heterocycles. The first-order valence-electron chi connectivity index (χ1n) is 6.74. The van der Waals surface area contributed by atoms with Crippen molar-refractivity contribution in [3.63, 3.8) is 0 Å². The van der Waals surface area contributed by atoms with E-state index in [0.717, 1.165) is 0 Å². The van der Waals surface area contributed by atoms with Gasteiger partial charge in [-0.15, -0.1) is 0 Å². The number of rotatable bonds is 4. The summed E-state index contributed by atoms with van der Waals surface area (Å²) in [4.78, 5) is 16.1. The minimum Gasteiger partial charge on any atom is -0.443 e. The van der Waals surface area contributed by atoms with Crippen LogP contribution in [0.15, 0.2) is 27.4 Å². The molecule has 0 aromatic heterocycles. The number of ether oxygens (including phenoxy) is 1. The summed E-state index contributed by atoms with van der Waals surface area (Å²) < 4.78 is 5.71. The van der Waals surface area contributed by atoms with Gasteiger partial charge in [0, 0.05) is 12.7 Å². The van der Waals surface area contributed by atoms with E-state index in [1.807, 2.05) is 13.8 Å². The molecule has 0 aromatic rings. The zero-order chi connectivity index (χ0) is 17.5. The van der Waals surface area contributed by atoms with Gasteiger partial charge in [0.2, 0.25) is 0 Å². The van der Waals surface area contributed by atoms with Gasteiger partial charge in [-0.05, 0) is 42.6 Å². The van der Waals surface area contributed by atoms with Crippen LogP contribution in [0.2, 0.25) is 0 Å². The molecule has 22 heavy (non-hydrogen) atoms. The van der Waals surface area contributed by atoms with Gasteiger partial charge in [0.25, 0.3) is 0 Å². The summed E-state index contributed by atoms with van der Waals surface area (Å²) in [7, 11) is 0. The highest BCUT2D eigenvalue weighted by atomic mass is 79.9. The lowest BCUT2D eigenvalue weighted by Crippen LogP contribution is -2.49. The van der Waals surface area contributed by atoms with E-state index < -0.39 is 11.7 Å². The van der Waals surface area contributed by atoms with Crippen molar-refractivity contribution in [1.82, 2.24) is 10.4 Å². The molecule has 0 bridgehead atoms. The highest BCUT2D eigenvalue weighted by molar-refractivity contribution is 9.12. The van der Waals surface area contributed by atoms with Crippen molar-refractivity contribution in [2.75, 3.05) is 6.54 Å². The van der Waals surface area contributed by atoms with E-state index in [4.69, 9.17) is 22.1 Å². The molecular formula is C14H24BrClN4O2. The Hall–Kier alpha value is -1.21. The van der Waals surface area contributed by atoms with Crippen LogP contribution < -0.4 is 11.2 Å². The zero-order valence-corrected chi connectivity index (χ0v) is 16.0. The van der Waals surface area contributed by atoms with Crippen LogP contribution in [0.1, 0.15) is 34.6 Å². The normalized spacial score (nSPS) is 13.1. The maximum absolute atomic E-state index is 12.0. The fourth-order valence-electron chi connectivity index (χ4n) is 1.39. The second-order valence-corrected chi connectivity index (χ2v) is 7.24. The van der Waals surface area contributed by atoms with Crippen LogP contribution in [0.5, 0.6) is 0 Å². The number of hydrogen-bond donors (Lipinski definition) is 2. The van der Waals surface area contributed by atoms with Crippen LogP contribution in [0, 0.1) is 5.92 Å². The lowest BCUT2D eigenvalue weighted by atomic mass is 10.2. The number of nitrogens with two attached hydrogens (primary N) is 1. The number of amides is 1. The third-order valence-electron chi connectivity index (χ3n) is 2.02. The molecule has 0 saturated carbocycles. The maximum atomic E-state index is 12.0. The van der Waals surface area contributed by atoms with E-state index >= 15 is 0 Å². The number of carbonyl (C=O) groups excluding carboxylic acids is 1. The zero-order valence-electron chi connectivity index (χ0n) is 13.6. The molecule has 6 nitrogen and oxygen atoms in total. The van der Waals surface area contributed by atoms with Crippen LogP contribution in [0.25, 0.3) is 0 Å². The number of halogens is 2. The van der Waals surface area contributed by atoms with Gasteiger partial charge in [0.15, 0.2) is 5.84 Å². The Labute approximate surface area is 145 Å². The van der Waals surface area contributed by atoms with Crippen molar-refractivity contribution >= 4 is 39.5 Å². The maximum Gasteiger partial charge on any atom is 0.426 e. The molecular weight excluding hydrogens is 372 g/mol. The standard InChI is InChI=1S/C14H24BrClN4O2/c1-9(2)8-20(19-13(21)22-14(4,5)6)12(11(15)7-17)18-10(3)16/h7,9H,3,8,17H2,1-2,4-6H3,(H,19,21)/b11-7+,18-12+. The highest BCUT2D eigenvalue weighted by Crippen LogP contribution is 2.15. The quantitative estimate of drug-likeness (QED) is 0.329. The molecule has 0 aliphatic heterocycles. The molecule has 0 aliphatic rings. The number of hydrogen-bond acceptors (Lipinski definition) is 4. The van der Waals surface area contributed by atoms with Gasteiger partial charge in [-0.3, -0.25) is 5.01 Å². The third kappa shape index (κ3) is 8.94. The molecule has 0 rings (SSSR count). The smallest absolute Gasteiger partial charge is 0.426 e. The Balaban J connectivity index is 5.40. The van der Waals surface area contributed by atoms with E-state index in [1.54, 1.807) is 20.8 Å². The van der Waals surface area contributed by atoms with Crippen LogP contribution in [0.3, 0.4) is 0 Å². The second kappa shape index (κ2) is 9.05. The Kier molecular flexibility index (Phi) is 8.55. The lowest BCUT2D eigenvalue weighted by molar-refractivity contribution is 0.0408. The van der Waals surface area contributed by atoms with E-state index in [9.17, 15) is 4.79 Å². The van der Waals surface area contributed by atoms with Crippen molar-refractivity contribution in [2.24, 2.45) is 16.6 Å². The summed E-state index contributed by atoms with van der Waals surface area (Å²) in [5.74, 6) is 0.573. The highest BCUT2D eigenvalue weighted by Gasteiger charge is 2.22. The molecule has 0 fully saturated rings. The van der Waals surface area contributed by atoms with E-state index in [-0.39, 0.29) is 11.1 Å². The monoisotopic (exact) mass is 394 g/mol. The van der Waals surface area contributed by atoms with Gasteiger partial charge in [-0.25, -0.2) is 15.2 Å². The van der Waals surface area contributed by atoms with Gasteiger partial charge in [0.05, 0.1) is 4.48 Å². The summed E-state index contributed by atoms with van der Waals surface area (Å²) in [6.45, 7) is 13.3. The number of amidine groups is 1. The minimum absolute atomic E-state index is 0.0635. The first kappa shape index (κ1) is 20.8. The average Bonchev–Trinajstić information content (AvgIpc) is 2.31. The molecule has 0 aromatic carbocycles. The summed E-state index contributed by atoms with van der Waals surface area (Å²) in [5.41, 5.74) is 7.55. The van der Waals surface area contributed by atoms with Crippen molar-refractivity contribution in [3.8, 4) is 0 Å². The molecule has 0 spiro atoms. The first-order chi connectivity index (χ1) is 9.96. The van der Waals surface area contributed by atoms with Gasteiger partial charge in [-0.1, -0.05) is 32.0 Å². The van der Waals surface area contributed by atoms with Crippen molar-refractivity contribution in [2.45, 2.75) is 40.2 Å². The Morgan fingerprint density at radius 3 is 2.45 bits per heavy atom. The van der Waals surface area contributed by atoms with Crippen molar-refractivity contribution < 1.29 is 9.53 Å². The predicted molar refractivity (Wildman–Crippen MR) is 94.5 cm³/mol. The van der Waals surface area contributed by atoms with Crippen LogP contribution in [-0.4, -0.2) is 29.1 Å². The molecule has 0 atom stereocenters. The fourth-order valence-corrected chi connectivity index (χ4v) is 1.78. The summed E-state index contributed by atoms with van der Waals surface area (Å²) in [5, 5.41) is 1.58. The van der Waals surface area contributed by atoms with E-state index in [0.29, 0.717) is 16.9 Å². The van der Waals surface area contributed by atoms with Crippen LogP contribution in [0.4, 0.5) is 4.79 Å². The molecule has 0 aliphatic carbocycles. The third-order valence-corrected chi connectivity index (χ3v) is 2.72. The predicted octanol–water partition coefficient (Wildman–Crippen LogP) is 3.69. The second-order valence-electron chi connectivity index (χ2n) is 5.94. The van der Waals surface area contributed by atoms with Crippen molar-refractivity contribution in [1.29, 1.82) is 0 Å². The summed E-state index contributed by atoms with van der Waals surface area (Å²) in [6.07, 6.45) is 0.710. The minimum atomic E-state index is -0.609. The van der Waals surface area contributed by atoms with Crippen LogP contribution in [-0.2, 0) is 4.74 Å². The fraction of sp³-hybridized carbons (Fsp3) is 0.571. The summed E-state index contributed by atoms with van der Waals surface area (Å²) >= 11 is 9.04. The Morgan fingerprint density at radius 1 is 1.55 bits per heavy atom. The van der Waals surface area contributed by atoms with E-state index in [1.165, 1.54) is 11.2 Å². The molecule has 0 saturated heterocycles. The topological polar surface area (TPSA) is 80.0 Å². The lowest BCUT2D eigenvalue weighted by Gasteiger charge is -2.29. The first-order valence-corrected chi connectivity index (χ1v) is 7.91. The molecule has 8 heteroatoms. The largest absolute Gasteiger partial charge is 0.443 e. The molecule has 0 unspecified atom stereocenters. The molecule has 0 radical (unpaired) electrons. The molecule has 3 N–H and O–H groups in total. The van der Waals surface area contributed by atoms with E-state index in [2.05, 4.69) is 32.9 Å². The van der Waals surface area contributed by atoms with Gasteiger partial charge in [-0.2, -0.15) is 0 Å². The number of aliphatic imine (C=N–C) groups is 1. The van der Waals surface area contributed by atoms with Crippen molar-refractivity contribution in [3.05, 3.63) is 22.4 Å². The average molecular weight is 396 g/mol. The van der Waals surface area contributed by atoms with Crippen LogP contribution >= 0.6 is 27.5 Å². The number of carbonyl (C=O) groups is 1. The molecule has 1 amide bonds. The molecule has 126 valence electrons. The Morgan fingerprint density at radius 2 is 2.09 bits per heavy atom.